The average molecular weight is 402 g/mol. The van der Waals surface area contributed by atoms with Gasteiger partial charge in [0.25, 0.3) is 0 Å². The smallest absolute Gasteiger partial charge is 0.232 e. The van der Waals surface area contributed by atoms with Gasteiger partial charge in [-0.3, -0.25) is 13.9 Å². The number of hydrogen-bond donors (Lipinski definition) is 0. The molecule has 0 aromatic heterocycles. The summed E-state index contributed by atoms with van der Waals surface area (Å²) in [6.45, 7) is 4.13. The number of sulfonamides is 1. The maximum Gasteiger partial charge on any atom is 0.232 e. The van der Waals surface area contributed by atoms with Crippen molar-refractivity contribution >= 4 is 39.6 Å². The number of amides is 2. The third-order valence-electron chi connectivity index (χ3n) is 4.41. The molecule has 0 spiro atoms. The van der Waals surface area contributed by atoms with Crippen LogP contribution in [0.3, 0.4) is 0 Å². The second-order valence-corrected chi connectivity index (χ2v) is 8.73. The Morgan fingerprint density at radius 2 is 1.92 bits per heavy atom. The van der Waals surface area contributed by atoms with E-state index >= 15 is 0 Å². The summed E-state index contributed by atoms with van der Waals surface area (Å²) in [5.74, 6) is -0.0215. The highest BCUT2D eigenvalue weighted by molar-refractivity contribution is 7.92. The molecule has 144 valence electrons. The molecule has 1 aromatic rings. The summed E-state index contributed by atoms with van der Waals surface area (Å²) in [7, 11) is -3.49. The van der Waals surface area contributed by atoms with Gasteiger partial charge < -0.3 is 9.80 Å². The van der Waals surface area contributed by atoms with Gasteiger partial charge in [0.2, 0.25) is 22.3 Å². The van der Waals surface area contributed by atoms with Crippen LogP contribution in [0.25, 0.3) is 0 Å². The molecule has 0 aliphatic carbocycles. The molecule has 2 rings (SSSR count). The second-order valence-electron chi connectivity index (χ2n) is 6.39. The van der Waals surface area contributed by atoms with Crippen LogP contribution in [0.5, 0.6) is 0 Å². The fraction of sp³-hybridized carbons (Fsp3) is 0.529. The number of aryl methyl sites for hydroxylation is 1. The maximum absolute atomic E-state index is 12.3. The Labute approximate surface area is 159 Å². The summed E-state index contributed by atoms with van der Waals surface area (Å²) in [4.78, 5) is 26.4. The van der Waals surface area contributed by atoms with Crippen molar-refractivity contribution in [3.63, 3.8) is 0 Å². The van der Waals surface area contributed by atoms with Crippen LogP contribution < -0.4 is 4.31 Å². The number of benzene rings is 1. The Morgan fingerprint density at radius 3 is 2.50 bits per heavy atom. The lowest BCUT2D eigenvalue weighted by Gasteiger charge is -2.32. The molecule has 26 heavy (non-hydrogen) atoms. The first-order chi connectivity index (χ1) is 12.2. The SMILES string of the molecule is Cc1ccc(Cl)cc1N(CCCC(=O)N1CCN(C=O)CC1)S(C)(=O)=O. The van der Waals surface area contributed by atoms with Crippen LogP contribution in [-0.4, -0.2) is 69.5 Å². The van der Waals surface area contributed by atoms with Crippen LogP contribution in [0.2, 0.25) is 5.02 Å². The Morgan fingerprint density at radius 1 is 1.27 bits per heavy atom. The number of piperazine rings is 1. The van der Waals surface area contributed by atoms with Crippen LogP contribution in [0.15, 0.2) is 18.2 Å². The van der Waals surface area contributed by atoms with E-state index in [0.717, 1.165) is 18.2 Å². The standard InChI is InChI=1S/C17H24ClN3O4S/c1-14-5-6-15(18)12-16(14)21(26(2,24)25)7-3-4-17(23)20-10-8-19(13-22)9-11-20/h5-6,12-13H,3-4,7-11H2,1-2H3. The van der Waals surface area contributed by atoms with Crippen molar-refractivity contribution in [2.24, 2.45) is 0 Å². The van der Waals surface area contributed by atoms with Gasteiger partial charge in [0, 0.05) is 44.2 Å². The monoisotopic (exact) mass is 401 g/mol. The van der Waals surface area contributed by atoms with Gasteiger partial charge in [-0.2, -0.15) is 0 Å². The van der Waals surface area contributed by atoms with Crippen molar-refractivity contribution in [2.45, 2.75) is 19.8 Å². The second kappa shape index (κ2) is 8.73. The minimum absolute atomic E-state index is 0.0215. The first-order valence-corrected chi connectivity index (χ1v) is 10.7. The van der Waals surface area contributed by atoms with E-state index in [4.69, 9.17) is 11.6 Å². The van der Waals surface area contributed by atoms with E-state index in [1.54, 1.807) is 28.0 Å². The van der Waals surface area contributed by atoms with E-state index in [0.29, 0.717) is 43.3 Å². The fourth-order valence-electron chi connectivity index (χ4n) is 2.92. The summed E-state index contributed by atoms with van der Waals surface area (Å²) in [5.41, 5.74) is 1.34. The Balaban J connectivity index is 1.97. The van der Waals surface area contributed by atoms with E-state index in [9.17, 15) is 18.0 Å². The fourth-order valence-corrected chi connectivity index (χ4v) is 4.11. The van der Waals surface area contributed by atoms with Gasteiger partial charge in [0.1, 0.15) is 0 Å². The first kappa shape index (κ1) is 20.5. The zero-order valence-corrected chi connectivity index (χ0v) is 16.6. The van der Waals surface area contributed by atoms with Crippen molar-refractivity contribution in [2.75, 3.05) is 43.3 Å². The topological polar surface area (TPSA) is 78.0 Å². The van der Waals surface area contributed by atoms with E-state index in [-0.39, 0.29) is 18.9 Å². The molecule has 2 amide bonds. The van der Waals surface area contributed by atoms with Gasteiger partial charge in [0.15, 0.2) is 0 Å². The molecule has 1 aliphatic heterocycles. The summed E-state index contributed by atoms with van der Waals surface area (Å²) < 4.78 is 25.7. The molecule has 0 radical (unpaired) electrons. The van der Waals surface area contributed by atoms with Gasteiger partial charge in [-0.05, 0) is 31.0 Å². The van der Waals surface area contributed by atoms with Gasteiger partial charge >= 0.3 is 0 Å². The number of nitrogens with zero attached hydrogens (tertiary/aromatic N) is 3. The van der Waals surface area contributed by atoms with Gasteiger partial charge in [-0.1, -0.05) is 17.7 Å². The number of carbonyl (C=O) groups excluding carboxylic acids is 2. The average Bonchev–Trinajstić information content (AvgIpc) is 2.60. The van der Waals surface area contributed by atoms with Crippen LogP contribution in [0.1, 0.15) is 18.4 Å². The number of carbonyl (C=O) groups is 2. The molecule has 1 heterocycles. The molecule has 1 aliphatic rings. The number of hydrogen-bond acceptors (Lipinski definition) is 4. The van der Waals surface area contributed by atoms with Crippen molar-refractivity contribution in [1.29, 1.82) is 0 Å². The zero-order valence-electron chi connectivity index (χ0n) is 15.0. The first-order valence-electron chi connectivity index (χ1n) is 8.43. The van der Waals surface area contributed by atoms with Gasteiger partial charge in [-0.25, -0.2) is 8.42 Å². The highest BCUT2D eigenvalue weighted by Gasteiger charge is 2.22. The third kappa shape index (κ3) is 5.35. The predicted octanol–water partition coefficient (Wildman–Crippen LogP) is 1.50. The Bertz CT molecular complexity index is 761. The Hall–Kier alpha value is -1.80. The lowest BCUT2D eigenvalue weighted by atomic mass is 10.2. The van der Waals surface area contributed by atoms with Crippen LogP contribution in [-0.2, 0) is 19.6 Å². The normalized spacial score (nSPS) is 15.0. The highest BCUT2D eigenvalue weighted by Crippen LogP contribution is 2.26. The molecular formula is C17H24ClN3O4S. The number of anilines is 1. The summed E-state index contributed by atoms with van der Waals surface area (Å²) >= 11 is 6.01. The number of rotatable bonds is 7. The van der Waals surface area contributed by atoms with Crippen molar-refractivity contribution in [3.8, 4) is 0 Å². The molecular weight excluding hydrogens is 378 g/mol. The molecule has 1 saturated heterocycles. The molecule has 9 heteroatoms. The molecule has 7 nitrogen and oxygen atoms in total. The van der Waals surface area contributed by atoms with E-state index < -0.39 is 10.0 Å². The van der Waals surface area contributed by atoms with Crippen molar-refractivity contribution in [3.05, 3.63) is 28.8 Å². The molecule has 0 atom stereocenters. The van der Waals surface area contributed by atoms with E-state index in [1.165, 1.54) is 4.31 Å². The predicted molar refractivity (Wildman–Crippen MR) is 102 cm³/mol. The number of halogens is 1. The van der Waals surface area contributed by atoms with Crippen LogP contribution in [0.4, 0.5) is 5.69 Å². The maximum atomic E-state index is 12.3. The van der Waals surface area contributed by atoms with Crippen molar-refractivity contribution in [1.82, 2.24) is 9.80 Å². The molecule has 0 unspecified atom stereocenters. The molecule has 0 bridgehead atoms. The summed E-state index contributed by atoms with van der Waals surface area (Å²) in [5, 5.41) is 0.461. The minimum atomic E-state index is -3.49. The van der Waals surface area contributed by atoms with Gasteiger partial charge in [0.05, 0.1) is 11.9 Å². The molecule has 0 saturated carbocycles. The summed E-state index contributed by atoms with van der Waals surface area (Å²) in [6.07, 6.45) is 2.60. The largest absolute Gasteiger partial charge is 0.342 e. The summed E-state index contributed by atoms with van der Waals surface area (Å²) in [6, 6.07) is 5.11. The third-order valence-corrected chi connectivity index (χ3v) is 5.82. The van der Waals surface area contributed by atoms with Crippen LogP contribution >= 0.6 is 11.6 Å². The molecule has 1 fully saturated rings. The zero-order chi connectivity index (χ0) is 19.3. The highest BCUT2D eigenvalue weighted by atomic mass is 35.5. The lowest BCUT2D eigenvalue weighted by molar-refractivity contribution is -0.135. The van der Waals surface area contributed by atoms with Crippen LogP contribution in [0, 0.1) is 6.92 Å². The Kier molecular flexibility index (Phi) is 6.88. The molecule has 1 aromatic carbocycles. The lowest BCUT2D eigenvalue weighted by Crippen LogP contribution is -2.48. The van der Waals surface area contributed by atoms with E-state index in [2.05, 4.69) is 0 Å². The minimum Gasteiger partial charge on any atom is -0.342 e. The van der Waals surface area contributed by atoms with Crippen molar-refractivity contribution < 1.29 is 18.0 Å². The van der Waals surface area contributed by atoms with Gasteiger partial charge in [-0.15, -0.1) is 0 Å². The van der Waals surface area contributed by atoms with E-state index in [1.807, 2.05) is 6.92 Å². The molecule has 0 N–H and O–H groups in total. The quantitative estimate of drug-likeness (QED) is 0.648.